The summed E-state index contributed by atoms with van der Waals surface area (Å²) in [4.78, 5) is 17.3. The highest BCUT2D eigenvalue weighted by atomic mass is 32.1. The van der Waals surface area contributed by atoms with Crippen LogP contribution in [0.1, 0.15) is 37.6 Å². The molecule has 26 heavy (non-hydrogen) atoms. The number of aryl methyl sites for hydroxylation is 1. The number of hydrogen-bond acceptors (Lipinski definition) is 3. The van der Waals surface area contributed by atoms with Gasteiger partial charge in [-0.2, -0.15) is 4.99 Å². The van der Waals surface area contributed by atoms with E-state index in [9.17, 15) is 9.18 Å². The van der Waals surface area contributed by atoms with Crippen molar-refractivity contribution in [3.05, 3.63) is 58.6 Å². The smallest absolute Gasteiger partial charge is 0.279 e. The van der Waals surface area contributed by atoms with Crippen molar-refractivity contribution >= 4 is 27.5 Å². The van der Waals surface area contributed by atoms with E-state index in [1.165, 1.54) is 17.4 Å². The van der Waals surface area contributed by atoms with Crippen LogP contribution in [-0.2, 0) is 6.54 Å². The number of rotatable bonds is 5. The van der Waals surface area contributed by atoms with Gasteiger partial charge < -0.3 is 9.30 Å². The third-order valence-corrected chi connectivity index (χ3v) is 4.81. The monoisotopic (exact) mass is 372 g/mol. The van der Waals surface area contributed by atoms with Gasteiger partial charge in [-0.25, -0.2) is 4.39 Å². The Morgan fingerprint density at radius 3 is 2.62 bits per heavy atom. The van der Waals surface area contributed by atoms with Crippen molar-refractivity contribution in [1.29, 1.82) is 0 Å². The summed E-state index contributed by atoms with van der Waals surface area (Å²) >= 11 is 1.32. The number of carbonyl (C=O) groups excluding carboxylic acids is 1. The lowest BCUT2D eigenvalue weighted by molar-refractivity contribution is 0.0997. The van der Waals surface area contributed by atoms with E-state index >= 15 is 0 Å². The van der Waals surface area contributed by atoms with Crippen LogP contribution in [0, 0.1) is 5.82 Å². The predicted molar refractivity (Wildman–Crippen MR) is 102 cm³/mol. The van der Waals surface area contributed by atoms with E-state index in [2.05, 4.69) is 4.99 Å². The van der Waals surface area contributed by atoms with Crippen molar-refractivity contribution in [2.24, 2.45) is 4.99 Å². The van der Waals surface area contributed by atoms with Gasteiger partial charge in [-0.15, -0.1) is 0 Å². The van der Waals surface area contributed by atoms with Gasteiger partial charge in [0.1, 0.15) is 11.6 Å². The first-order valence-corrected chi connectivity index (χ1v) is 9.45. The predicted octanol–water partition coefficient (Wildman–Crippen LogP) is 4.78. The van der Waals surface area contributed by atoms with E-state index in [0.29, 0.717) is 28.2 Å². The van der Waals surface area contributed by atoms with E-state index in [1.807, 2.05) is 26.8 Å². The average molecular weight is 372 g/mol. The first-order valence-electron chi connectivity index (χ1n) is 8.63. The van der Waals surface area contributed by atoms with Crippen LogP contribution in [0.25, 0.3) is 10.2 Å². The molecule has 0 aliphatic rings. The minimum Gasteiger partial charge on any atom is -0.491 e. The molecule has 0 fully saturated rings. The van der Waals surface area contributed by atoms with Crippen LogP contribution in [0.4, 0.5) is 4.39 Å². The topological polar surface area (TPSA) is 43.6 Å². The number of para-hydroxylation sites is 1. The quantitative estimate of drug-likeness (QED) is 0.647. The SMILES string of the molecule is CCCn1c(=NC(=O)c2ccc(OC(C)C)cc2)sc2cccc(F)c21. The Morgan fingerprint density at radius 1 is 1.23 bits per heavy atom. The van der Waals surface area contributed by atoms with Gasteiger partial charge in [0.05, 0.1) is 16.3 Å². The molecule has 136 valence electrons. The molecule has 1 heterocycles. The summed E-state index contributed by atoms with van der Waals surface area (Å²) in [6, 6.07) is 11.9. The molecule has 3 rings (SSSR count). The van der Waals surface area contributed by atoms with Crippen molar-refractivity contribution in [1.82, 2.24) is 4.57 Å². The summed E-state index contributed by atoms with van der Waals surface area (Å²) in [6.45, 7) is 6.51. The zero-order valence-corrected chi connectivity index (χ0v) is 15.8. The summed E-state index contributed by atoms with van der Waals surface area (Å²) in [5.41, 5.74) is 0.980. The van der Waals surface area contributed by atoms with Gasteiger partial charge in [0.25, 0.3) is 5.91 Å². The summed E-state index contributed by atoms with van der Waals surface area (Å²) < 4.78 is 22.4. The van der Waals surface area contributed by atoms with Crippen LogP contribution >= 0.6 is 11.3 Å². The summed E-state index contributed by atoms with van der Waals surface area (Å²) in [5, 5.41) is 0. The maximum Gasteiger partial charge on any atom is 0.279 e. The largest absolute Gasteiger partial charge is 0.491 e. The Morgan fingerprint density at radius 2 is 1.96 bits per heavy atom. The normalized spacial score (nSPS) is 12.1. The number of aromatic nitrogens is 1. The molecule has 6 heteroatoms. The minimum atomic E-state index is -0.349. The van der Waals surface area contributed by atoms with Crippen LogP contribution in [-0.4, -0.2) is 16.6 Å². The van der Waals surface area contributed by atoms with Crippen molar-refractivity contribution < 1.29 is 13.9 Å². The van der Waals surface area contributed by atoms with Crippen molar-refractivity contribution in [2.45, 2.75) is 39.8 Å². The number of hydrogen-bond donors (Lipinski definition) is 0. The van der Waals surface area contributed by atoms with Crippen molar-refractivity contribution in [3.63, 3.8) is 0 Å². The molecule has 0 N–H and O–H groups in total. The number of thiazole rings is 1. The summed E-state index contributed by atoms with van der Waals surface area (Å²) in [6.07, 6.45) is 0.894. The molecule has 0 radical (unpaired) electrons. The second kappa shape index (κ2) is 7.83. The molecule has 3 aromatic rings. The van der Waals surface area contributed by atoms with Crippen LogP contribution in [0.15, 0.2) is 47.5 Å². The Kier molecular flexibility index (Phi) is 5.52. The van der Waals surface area contributed by atoms with Crippen LogP contribution in [0.5, 0.6) is 5.75 Å². The van der Waals surface area contributed by atoms with Gasteiger partial charge in [-0.1, -0.05) is 24.3 Å². The lowest BCUT2D eigenvalue weighted by Gasteiger charge is -2.09. The second-order valence-electron chi connectivity index (χ2n) is 6.23. The van der Waals surface area contributed by atoms with E-state index in [4.69, 9.17) is 4.74 Å². The number of halogens is 1. The number of benzene rings is 2. The molecule has 0 unspecified atom stereocenters. The zero-order chi connectivity index (χ0) is 18.7. The third kappa shape index (κ3) is 3.85. The molecule has 0 bridgehead atoms. The molecule has 0 saturated carbocycles. The number of fused-ring (bicyclic) bond motifs is 1. The van der Waals surface area contributed by atoms with Crippen LogP contribution < -0.4 is 9.54 Å². The van der Waals surface area contributed by atoms with Gasteiger partial charge >= 0.3 is 0 Å². The fourth-order valence-corrected chi connectivity index (χ4v) is 3.77. The number of carbonyl (C=O) groups is 1. The maximum atomic E-state index is 14.2. The zero-order valence-electron chi connectivity index (χ0n) is 15.0. The Bertz CT molecular complexity index is 987. The molecular weight excluding hydrogens is 351 g/mol. The van der Waals surface area contributed by atoms with Gasteiger partial charge in [0, 0.05) is 12.1 Å². The third-order valence-electron chi connectivity index (χ3n) is 3.77. The number of nitrogens with zero attached hydrogens (tertiary/aromatic N) is 2. The fraction of sp³-hybridized carbons (Fsp3) is 0.300. The lowest BCUT2D eigenvalue weighted by atomic mass is 10.2. The fourth-order valence-electron chi connectivity index (χ4n) is 2.70. The second-order valence-corrected chi connectivity index (χ2v) is 7.24. The molecule has 2 aromatic carbocycles. The van der Waals surface area contributed by atoms with Crippen LogP contribution in [0.2, 0.25) is 0 Å². The van der Waals surface area contributed by atoms with E-state index in [1.54, 1.807) is 34.9 Å². The van der Waals surface area contributed by atoms with Crippen molar-refractivity contribution in [3.8, 4) is 5.75 Å². The van der Waals surface area contributed by atoms with Crippen LogP contribution in [0.3, 0.4) is 0 Å². The van der Waals surface area contributed by atoms with E-state index < -0.39 is 0 Å². The molecule has 0 spiro atoms. The highest BCUT2D eigenvalue weighted by molar-refractivity contribution is 7.16. The lowest BCUT2D eigenvalue weighted by Crippen LogP contribution is -2.17. The summed E-state index contributed by atoms with van der Waals surface area (Å²) in [7, 11) is 0. The molecule has 0 atom stereocenters. The average Bonchev–Trinajstić information content (AvgIpc) is 2.94. The molecule has 0 saturated heterocycles. The molecule has 1 aromatic heterocycles. The van der Waals surface area contributed by atoms with Gasteiger partial charge in [0.15, 0.2) is 4.80 Å². The summed E-state index contributed by atoms with van der Waals surface area (Å²) in [5.74, 6) is 0.0655. The van der Waals surface area contributed by atoms with Gasteiger partial charge in [-0.3, -0.25) is 4.79 Å². The first kappa shape index (κ1) is 18.3. The standard InChI is InChI=1S/C20H21FN2O2S/c1-4-12-23-18-16(21)6-5-7-17(18)26-20(23)22-19(24)14-8-10-15(11-9-14)25-13(2)3/h5-11,13H,4,12H2,1-3H3. The highest BCUT2D eigenvalue weighted by Gasteiger charge is 2.12. The maximum absolute atomic E-state index is 14.2. The molecule has 0 aliphatic heterocycles. The highest BCUT2D eigenvalue weighted by Crippen LogP contribution is 2.21. The molecule has 4 nitrogen and oxygen atoms in total. The molecule has 0 aliphatic carbocycles. The van der Waals surface area contributed by atoms with E-state index in [-0.39, 0.29) is 17.8 Å². The minimum absolute atomic E-state index is 0.0719. The Labute approximate surface area is 155 Å². The Balaban J connectivity index is 2.00. The van der Waals surface area contributed by atoms with E-state index in [0.717, 1.165) is 11.1 Å². The van der Waals surface area contributed by atoms with Gasteiger partial charge in [-0.05, 0) is 56.7 Å². The van der Waals surface area contributed by atoms with Gasteiger partial charge in [0.2, 0.25) is 0 Å². The number of amides is 1. The first-order chi connectivity index (χ1) is 12.5. The Hall–Kier alpha value is -2.47. The molecule has 1 amide bonds. The number of ether oxygens (including phenoxy) is 1. The van der Waals surface area contributed by atoms with Crippen molar-refractivity contribution in [2.75, 3.05) is 0 Å². The molecular formula is C20H21FN2O2S.